The second-order valence-corrected chi connectivity index (χ2v) is 8.56. The lowest BCUT2D eigenvalue weighted by Gasteiger charge is -2.45. The summed E-state index contributed by atoms with van der Waals surface area (Å²) in [4.78, 5) is 21.5. The predicted molar refractivity (Wildman–Crippen MR) is 118 cm³/mol. The van der Waals surface area contributed by atoms with E-state index in [9.17, 15) is 4.79 Å². The molecule has 160 valence electrons. The number of likely N-dealkylation sites (tertiary alicyclic amines) is 1. The van der Waals surface area contributed by atoms with Crippen LogP contribution in [-0.4, -0.2) is 64.3 Å². The summed E-state index contributed by atoms with van der Waals surface area (Å²) in [5.41, 5.74) is 3.67. The van der Waals surface area contributed by atoms with Crippen LogP contribution in [-0.2, 0) is 12.0 Å². The van der Waals surface area contributed by atoms with E-state index in [0.29, 0.717) is 12.4 Å². The Hall–Kier alpha value is -3.19. The minimum Gasteiger partial charge on any atom is -0.481 e. The number of methoxy groups -OCH3 is 1. The third-order valence-electron chi connectivity index (χ3n) is 6.60. The highest BCUT2D eigenvalue weighted by molar-refractivity contribution is 5.96. The molecule has 0 atom stereocenters. The van der Waals surface area contributed by atoms with Crippen LogP contribution in [0.25, 0.3) is 5.69 Å². The van der Waals surface area contributed by atoms with E-state index in [4.69, 9.17) is 9.84 Å². The molecule has 3 aromatic rings. The Morgan fingerprint density at radius 2 is 1.87 bits per heavy atom. The quantitative estimate of drug-likeness (QED) is 0.653. The van der Waals surface area contributed by atoms with Gasteiger partial charge in [-0.1, -0.05) is 24.3 Å². The van der Waals surface area contributed by atoms with Crippen LogP contribution in [0.1, 0.15) is 34.5 Å². The molecule has 0 radical (unpaired) electrons. The normalized spacial score (nSPS) is 18.3. The summed E-state index contributed by atoms with van der Waals surface area (Å²) in [6.07, 6.45) is 5.59. The fourth-order valence-corrected chi connectivity index (χ4v) is 4.94. The lowest BCUT2D eigenvalue weighted by atomic mass is 9.72. The van der Waals surface area contributed by atoms with Crippen molar-refractivity contribution in [1.29, 1.82) is 0 Å². The van der Waals surface area contributed by atoms with Crippen molar-refractivity contribution in [2.75, 3.05) is 33.8 Å². The van der Waals surface area contributed by atoms with Gasteiger partial charge in [0.1, 0.15) is 0 Å². The molecule has 1 fully saturated rings. The molecule has 1 saturated heterocycles. The van der Waals surface area contributed by atoms with Crippen molar-refractivity contribution >= 4 is 5.91 Å². The Labute approximate surface area is 182 Å². The van der Waals surface area contributed by atoms with Crippen molar-refractivity contribution in [1.82, 2.24) is 24.6 Å². The monoisotopic (exact) mass is 417 g/mol. The van der Waals surface area contributed by atoms with Gasteiger partial charge in [-0.25, -0.2) is 9.67 Å². The molecule has 1 aromatic carbocycles. The number of aromatic nitrogens is 3. The zero-order valence-corrected chi connectivity index (χ0v) is 18.0. The average molecular weight is 418 g/mol. The van der Waals surface area contributed by atoms with Crippen molar-refractivity contribution in [3.63, 3.8) is 0 Å². The number of amides is 1. The van der Waals surface area contributed by atoms with Crippen molar-refractivity contribution in [2.45, 2.75) is 24.8 Å². The zero-order valence-electron chi connectivity index (χ0n) is 18.0. The number of pyridine rings is 1. The third kappa shape index (κ3) is 3.49. The van der Waals surface area contributed by atoms with Crippen molar-refractivity contribution in [2.24, 2.45) is 0 Å². The van der Waals surface area contributed by atoms with Crippen LogP contribution in [0.4, 0.5) is 0 Å². The van der Waals surface area contributed by atoms with E-state index in [-0.39, 0.29) is 11.3 Å². The van der Waals surface area contributed by atoms with Crippen LogP contribution in [0.15, 0.2) is 54.9 Å². The summed E-state index contributed by atoms with van der Waals surface area (Å²) in [5, 5.41) is 4.94. The van der Waals surface area contributed by atoms with Gasteiger partial charge in [-0.15, -0.1) is 0 Å². The fraction of sp³-hybridized carbons (Fsp3) is 0.375. The first-order chi connectivity index (χ1) is 15.1. The first-order valence-corrected chi connectivity index (χ1v) is 10.7. The maximum atomic E-state index is 12.9. The van der Waals surface area contributed by atoms with Crippen LogP contribution in [0.5, 0.6) is 5.88 Å². The Morgan fingerprint density at radius 1 is 1.10 bits per heavy atom. The highest BCUT2D eigenvalue weighted by Crippen LogP contribution is 2.41. The number of carbonyl (C=O) groups excluding carboxylic acids is 1. The second-order valence-electron chi connectivity index (χ2n) is 8.56. The highest BCUT2D eigenvalue weighted by Gasteiger charge is 2.46. The molecule has 2 aliphatic rings. The van der Waals surface area contributed by atoms with E-state index in [0.717, 1.165) is 55.0 Å². The lowest BCUT2D eigenvalue weighted by Crippen LogP contribution is -2.53. The Kier molecular flexibility index (Phi) is 4.98. The summed E-state index contributed by atoms with van der Waals surface area (Å²) in [5.74, 6) is 0.750. The number of piperidine rings is 1. The van der Waals surface area contributed by atoms with Gasteiger partial charge in [0.2, 0.25) is 5.88 Å². The molecule has 0 N–H and O–H groups in total. The molecule has 2 aliphatic heterocycles. The van der Waals surface area contributed by atoms with Crippen LogP contribution in [0.3, 0.4) is 0 Å². The maximum absolute atomic E-state index is 12.9. The van der Waals surface area contributed by atoms with Crippen molar-refractivity contribution in [3.05, 3.63) is 71.7 Å². The van der Waals surface area contributed by atoms with Crippen molar-refractivity contribution < 1.29 is 9.53 Å². The van der Waals surface area contributed by atoms with Gasteiger partial charge in [0.05, 0.1) is 24.1 Å². The summed E-state index contributed by atoms with van der Waals surface area (Å²) in [6.45, 7) is 3.41. The molecular formula is C24H27N5O2. The van der Waals surface area contributed by atoms with Crippen LogP contribution < -0.4 is 4.74 Å². The van der Waals surface area contributed by atoms with Gasteiger partial charge in [-0.2, -0.15) is 5.10 Å². The van der Waals surface area contributed by atoms with E-state index in [1.54, 1.807) is 13.3 Å². The lowest BCUT2D eigenvalue weighted by molar-refractivity contribution is 0.0627. The van der Waals surface area contributed by atoms with Crippen molar-refractivity contribution in [3.8, 4) is 11.6 Å². The van der Waals surface area contributed by atoms with Gasteiger partial charge >= 0.3 is 0 Å². The minimum absolute atomic E-state index is 0.0605. The van der Waals surface area contributed by atoms with Gasteiger partial charge in [0.15, 0.2) is 0 Å². The first-order valence-electron chi connectivity index (χ1n) is 10.7. The van der Waals surface area contributed by atoms with E-state index < -0.39 is 0 Å². The molecule has 1 amide bonds. The second kappa shape index (κ2) is 7.81. The summed E-state index contributed by atoms with van der Waals surface area (Å²) in [7, 11) is 3.57. The van der Waals surface area contributed by atoms with Gasteiger partial charge in [-0.05, 0) is 44.1 Å². The molecule has 0 bridgehead atoms. The summed E-state index contributed by atoms with van der Waals surface area (Å²) >= 11 is 0. The van der Waals surface area contributed by atoms with E-state index in [1.165, 1.54) is 0 Å². The Morgan fingerprint density at radius 3 is 2.61 bits per heavy atom. The molecule has 5 rings (SSSR count). The number of rotatable bonds is 4. The minimum atomic E-state index is -0.104. The molecule has 2 aromatic heterocycles. The molecular weight excluding hydrogens is 390 g/mol. The van der Waals surface area contributed by atoms with Gasteiger partial charge in [0.25, 0.3) is 5.91 Å². The number of carbonyl (C=O) groups is 1. The smallest absolute Gasteiger partial charge is 0.257 e. The van der Waals surface area contributed by atoms with Gasteiger partial charge < -0.3 is 9.64 Å². The van der Waals surface area contributed by atoms with E-state index in [1.807, 2.05) is 59.2 Å². The zero-order chi connectivity index (χ0) is 21.4. The molecule has 31 heavy (non-hydrogen) atoms. The standard InChI is InChI=1S/C24H27N5O2/c1-27-17-24(10-13-28(14-11-24)15-18-7-6-12-25-22(18)31-2)21-20(23(27)30)16-29(26-21)19-8-4-3-5-9-19/h3-9,12,16H,10-11,13-15,17H2,1-2H3. The average Bonchev–Trinajstić information content (AvgIpc) is 3.27. The fourth-order valence-electron chi connectivity index (χ4n) is 4.94. The topological polar surface area (TPSA) is 63.5 Å². The number of hydrogen-bond donors (Lipinski definition) is 0. The number of likely N-dealkylation sites (N-methyl/N-ethyl adjacent to an activating group) is 1. The SMILES string of the molecule is COc1ncccc1CN1CCC2(CC1)CN(C)C(=O)c1cn(-c3ccccc3)nc12. The molecule has 1 spiro atoms. The third-order valence-corrected chi connectivity index (χ3v) is 6.60. The van der Waals surface area contributed by atoms with Crippen LogP contribution >= 0.6 is 0 Å². The molecule has 0 unspecified atom stereocenters. The summed E-state index contributed by atoms with van der Waals surface area (Å²) < 4.78 is 7.28. The number of benzene rings is 1. The van der Waals surface area contributed by atoms with E-state index in [2.05, 4.69) is 16.0 Å². The number of ether oxygens (including phenoxy) is 1. The number of hydrogen-bond acceptors (Lipinski definition) is 5. The summed E-state index contributed by atoms with van der Waals surface area (Å²) in [6, 6.07) is 14.0. The predicted octanol–water partition coefficient (Wildman–Crippen LogP) is 2.90. The Balaban J connectivity index is 1.40. The first kappa shape index (κ1) is 19.8. The highest BCUT2D eigenvalue weighted by atomic mass is 16.5. The van der Waals surface area contributed by atoms with E-state index >= 15 is 0 Å². The number of para-hydroxylation sites is 1. The van der Waals surface area contributed by atoms with Gasteiger partial charge in [0, 0.05) is 43.5 Å². The molecule has 4 heterocycles. The molecule has 7 nitrogen and oxygen atoms in total. The number of nitrogens with zero attached hydrogens (tertiary/aromatic N) is 5. The van der Waals surface area contributed by atoms with Crippen LogP contribution in [0.2, 0.25) is 0 Å². The molecule has 7 heteroatoms. The Bertz CT molecular complexity index is 1090. The number of fused-ring (bicyclic) bond motifs is 2. The largest absolute Gasteiger partial charge is 0.481 e. The van der Waals surface area contributed by atoms with Gasteiger partial charge in [-0.3, -0.25) is 9.69 Å². The maximum Gasteiger partial charge on any atom is 0.257 e. The molecule has 0 aliphatic carbocycles. The van der Waals surface area contributed by atoms with Crippen LogP contribution in [0, 0.1) is 0 Å². The molecule has 0 saturated carbocycles.